The van der Waals surface area contributed by atoms with Gasteiger partial charge in [0.2, 0.25) is 5.91 Å². The molecule has 0 aromatic carbocycles. The van der Waals surface area contributed by atoms with Crippen molar-refractivity contribution in [3.63, 3.8) is 0 Å². The molecule has 2 unspecified atom stereocenters. The Balaban J connectivity index is 2.21. The van der Waals surface area contributed by atoms with Crippen molar-refractivity contribution in [2.45, 2.75) is 38.3 Å². The van der Waals surface area contributed by atoms with Crippen molar-refractivity contribution in [2.75, 3.05) is 13.1 Å². The molecule has 4 nitrogen and oxygen atoms in total. The molecule has 76 valence electrons. The van der Waals surface area contributed by atoms with E-state index < -0.39 is 0 Å². The maximum absolute atomic E-state index is 11.1. The van der Waals surface area contributed by atoms with Crippen molar-refractivity contribution in [2.24, 2.45) is 5.73 Å². The second-order valence-electron chi connectivity index (χ2n) is 3.70. The summed E-state index contributed by atoms with van der Waals surface area (Å²) in [5.41, 5.74) is 5.38. The van der Waals surface area contributed by atoms with E-state index >= 15 is 0 Å². The molecule has 0 aliphatic carbocycles. The molecule has 4 heteroatoms. The van der Waals surface area contributed by atoms with E-state index in [1.54, 1.807) is 0 Å². The van der Waals surface area contributed by atoms with Crippen molar-refractivity contribution in [1.82, 2.24) is 10.6 Å². The minimum Gasteiger partial charge on any atom is -0.354 e. The maximum atomic E-state index is 11.1. The Labute approximate surface area is 79.3 Å². The number of amides is 1. The molecule has 0 aromatic rings. The van der Waals surface area contributed by atoms with Crippen LogP contribution in [0, 0.1) is 0 Å². The summed E-state index contributed by atoms with van der Waals surface area (Å²) in [6.07, 6.45) is 2.61. The summed E-state index contributed by atoms with van der Waals surface area (Å²) in [5.74, 6) is 0.156. The lowest BCUT2D eigenvalue weighted by Crippen LogP contribution is -2.48. The number of carbonyl (C=O) groups excluding carboxylic acids is 1. The van der Waals surface area contributed by atoms with E-state index in [9.17, 15) is 4.79 Å². The van der Waals surface area contributed by atoms with E-state index in [4.69, 9.17) is 5.73 Å². The third kappa shape index (κ3) is 3.74. The van der Waals surface area contributed by atoms with Crippen LogP contribution in [0.1, 0.15) is 26.2 Å². The summed E-state index contributed by atoms with van der Waals surface area (Å²) in [5, 5.41) is 6.24. The lowest BCUT2D eigenvalue weighted by atomic mass is 10.00. The van der Waals surface area contributed by atoms with E-state index in [0.717, 1.165) is 19.4 Å². The molecule has 0 radical (unpaired) electrons. The first-order chi connectivity index (χ1) is 6.22. The van der Waals surface area contributed by atoms with Crippen molar-refractivity contribution >= 4 is 5.91 Å². The van der Waals surface area contributed by atoms with Gasteiger partial charge in [0.25, 0.3) is 0 Å². The highest BCUT2D eigenvalue weighted by atomic mass is 16.1. The Kier molecular flexibility index (Phi) is 4.18. The molecule has 1 saturated heterocycles. The molecular formula is C9H19N3O. The molecule has 1 heterocycles. The highest BCUT2D eigenvalue weighted by Gasteiger charge is 2.22. The molecule has 1 fully saturated rings. The second-order valence-corrected chi connectivity index (χ2v) is 3.70. The second kappa shape index (κ2) is 5.19. The molecule has 1 rings (SSSR count). The van der Waals surface area contributed by atoms with Gasteiger partial charge >= 0.3 is 0 Å². The summed E-state index contributed by atoms with van der Waals surface area (Å²) >= 11 is 0. The number of rotatable bonds is 4. The highest BCUT2D eigenvalue weighted by molar-refractivity contribution is 5.77. The van der Waals surface area contributed by atoms with Gasteiger partial charge in [-0.15, -0.1) is 0 Å². The fourth-order valence-electron chi connectivity index (χ4n) is 1.69. The summed E-state index contributed by atoms with van der Waals surface area (Å²) in [6.45, 7) is 3.66. The smallest absolute Gasteiger partial charge is 0.221 e. The molecule has 2 atom stereocenters. The van der Waals surface area contributed by atoms with Gasteiger partial charge in [0.15, 0.2) is 0 Å². The van der Waals surface area contributed by atoms with Gasteiger partial charge in [0.1, 0.15) is 0 Å². The zero-order valence-electron chi connectivity index (χ0n) is 8.18. The molecule has 4 N–H and O–H groups in total. The van der Waals surface area contributed by atoms with Crippen molar-refractivity contribution in [3.05, 3.63) is 0 Å². The van der Waals surface area contributed by atoms with Crippen LogP contribution in [0.4, 0.5) is 0 Å². The average molecular weight is 185 g/mol. The molecule has 0 bridgehead atoms. The molecule has 1 aliphatic rings. The minimum atomic E-state index is 0.156. The Hall–Kier alpha value is -0.610. The van der Waals surface area contributed by atoms with E-state index in [-0.39, 0.29) is 5.91 Å². The SMILES string of the molecule is CC1CC(NCCCN)CC(=O)N1. The van der Waals surface area contributed by atoms with Crippen LogP contribution in [0.3, 0.4) is 0 Å². The van der Waals surface area contributed by atoms with E-state index in [1.807, 2.05) is 6.92 Å². The van der Waals surface area contributed by atoms with Gasteiger partial charge in [-0.25, -0.2) is 0 Å². The monoisotopic (exact) mass is 185 g/mol. The summed E-state index contributed by atoms with van der Waals surface area (Å²) in [7, 11) is 0. The Bertz CT molecular complexity index is 172. The predicted molar refractivity (Wildman–Crippen MR) is 52.3 cm³/mol. The lowest BCUT2D eigenvalue weighted by molar-refractivity contribution is -0.123. The number of hydrogen-bond acceptors (Lipinski definition) is 3. The molecule has 0 saturated carbocycles. The first-order valence-corrected chi connectivity index (χ1v) is 4.95. The predicted octanol–water partition coefficient (Wildman–Crippen LogP) is -0.408. The van der Waals surface area contributed by atoms with Crippen LogP contribution in [0.15, 0.2) is 0 Å². The molecule has 13 heavy (non-hydrogen) atoms. The average Bonchev–Trinajstić information content (AvgIpc) is 2.03. The standard InChI is InChI=1S/C9H19N3O/c1-7-5-8(6-9(13)12-7)11-4-2-3-10/h7-8,11H,2-6,10H2,1H3,(H,12,13). The van der Waals surface area contributed by atoms with Gasteiger partial charge in [0, 0.05) is 18.5 Å². The molecule has 1 aliphatic heterocycles. The first-order valence-electron chi connectivity index (χ1n) is 4.95. The maximum Gasteiger partial charge on any atom is 0.221 e. The fourth-order valence-corrected chi connectivity index (χ4v) is 1.69. The van der Waals surface area contributed by atoms with Crippen molar-refractivity contribution < 1.29 is 4.79 Å². The fraction of sp³-hybridized carbons (Fsp3) is 0.889. The van der Waals surface area contributed by atoms with Gasteiger partial charge in [-0.05, 0) is 32.9 Å². The van der Waals surface area contributed by atoms with E-state index in [0.29, 0.717) is 25.0 Å². The number of piperidine rings is 1. The first kappa shape index (κ1) is 10.5. The number of hydrogen-bond donors (Lipinski definition) is 3. The normalized spacial score (nSPS) is 28.6. The highest BCUT2D eigenvalue weighted by Crippen LogP contribution is 2.08. The van der Waals surface area contributed by atoms with Crippen LogP contribution in [0.25, 0.3) is 0 Å². The third-order valence-corrected chi connectivity index (χ3v) is 2.29. The molecular weight excluding hydrogens is 166 g/mol. The number of nitrogens with two attached hydrogens (primary N) is 1. The number of carbonyl (C=O) groups is 1. The van der Waals surface area contributed by atoms with Crippen LogP contribution in [0.5, 0.6) is 0 Å². The Morgan fingerprint density at radius 2 is 2.46 bits per heavy atom. The minimum absolute atomic E-state index is 0.156. The Morgan fingerprint density at radius 1 is 1.69 bits per heavy atom. The summed E-state index contributed by atoms with van der Waals surface area (Å²) in [6, 6.07) is 0.645. The van der Waals surface area contributed by atoms with Gasteiger partial charge in [-0.2, -0.15) is 0 Å². The van der Waals surface area contributed by atoms with Crippen LogP contribution in [-0.2, 0) is 4.79 Å². The quantitative estimate of drug-likeness (QED) is 0.522. The summed E-state index contributed by atoms with van der Waals surface area (Å²) < 4.78 is 0. The van der Waals surface area contributed by atoms with Crippen LogP contribution < -0.4 is 16.4 Å². The largest absolute Gasteiger partial charge is 0.354 e. The van der Waals surface area contributed by atoms with Crippen LogP contribution in [-0.4, -0.2) is 31.1 Å². The zero-order chi connectivity index (χ0) is 9.68. The molecule has 0 aromatic heterocycles. The molecule has 0 spiro atoms. The number of nitrogens with one attached hydrogen (secondary N) is 2. The summed E-state index contributed by atoms with van der Waals surface area (Å²) in [4.78, 5) is 11.1. The topological polar surface area (TPSA) is 67.1 Å². The van der Waals surface area contributed by atoms with Gasteiger partial charge in [-0.1, -0.05) is 0 Å². The zero-order valence-corrected chi connectivity index (χ0v) is 8.18. The van der Waals surface area contributed by atoms with Gasteiger partial charge in [-0.3, -0.25) is 4.79 Å². The van der Waals surface area contributed by atoms with Crippen LogP contribution >= 0.6 is 0 Å². The van der Waals surface area contributed by atoms with Gasteiger partial charge < -0.3 is 16.4 Å². The molecule has 1 amide bonds. The lowest BCUT2D eigenvalue weighted by Gasteiger charge is -2.28. The van der Waals surface area contributed by atoms with Crippen molar-refractivity contribution in [1.29, 1.82) is 0 Å². The van der Waals surface area contributed by atoms with Crippen LogP contribution in [0.2, 0.25) is 0 Å². The third-order valence-electron chi connectivity index (χ3n) is 2.29. The van der Waals surface area contributed by atoms with Crippen molar-refractivity contribution in [3.8, 4) is 0 Å². The Morgan fingerprint density at radius 3 is 3.08 bits per heavy atom. The van der Waals surface area contributed by atoms with E-state index in [1.165, 1.54) is 0 Å². The van der Waals surface area contributed by atoms with E-state index in [2.05, 4.69) is 10.6 Å². The van der Waals surface area contributed by atoms with Gasteiger partial charge in [0.05, 0.1) is 0 Å².